The van der Waals surface area contributed by atoms with Crippen LogP contribution in [-0.4, -0.2) is 55.2 Å². The van der Waals surface area contributed by atoms with Crippen molar-refractivity contribution in [1.29, 1.82) is 0 Å². The Kier molecular flexibility index (Phi) is 5.18. The van der Waals surface area contributed by atoms with Gasteiger partial charge in [-0.25, -0.2) is 0 Å². The molecular formula is C21H22F3N7O. The molecule has 0 aliphatic carbocycles. The fourth-order valence-electron chi connectivity index (χ4n) is 4.66. The number of amides is 1. The quantitative estimate of drug-likeness (QED) is 0.617. The summed E-state index contributed by atoms with van der Waals surface area (Å²) in [7, 11) is 0. The van der Waals surface area contributed by atoms with E-state index < -0.39 is 12.0 Å². The molecule has 3 aromatic rings. The van der Waals surface area contributed by atoms with Gasteiger partial charge in [-0.05, 0) is 49.4 Å². The Morgan fingerprint density at radius 3 is 2.56 bits per heavy atom. The number of halogens is 3. The van der Waals surface area contributed by atoms with Crippen LogP contribution in [0.1, 0.15) is 43.1 Å². The average Bonchev–Trinajstić information content (AvgIpc) is 3.46. The number of hydrogen-bond donors (Lipinski definition) is 0. The minimum absolute atomic E-state index is 0.0432. The number of hydrogen-bond acceptors (Lipinski definition) is 6. The number of likely N-dealkylation sites (tertiary alicyclic amines) is 1. The standard InChI is InChI=1S/C21H22F3N7O/c22-21(23,24)20-27-26-17-5-6-18(28-31(17)20)29-11-7-14(8-12-29)19(32)30-10-2-4-16(30)15-3-1-9-25-13-15/h1,3,5-6,9,13-14,16H,2,4,7-8,10-12H2/t16-/m0/s1. The Bertz CT molecular complexity index is 1110. The minimum atomic E-state index is -4.63. The second-order valence-corrected chi connectivity index (χ2v) is 8.22. The molecule has 0 bridgehead atoms. The normalized spacial score (nSPS) is 20.3. The lowest BCUT2D eigenvalue weighted by atomic mass is 9.94. The van der Waals surface area contributed by atoms with E-state index in [0.717, 1.165) is 29.5 Å². The lowest BCUT2D eigenvalue weighted by Crippen LogP contribution is -2.42. The average molecular weight is 445 g/mol. The summed E-state index contributed by atoms with van der Waals surface area (Å²) in [5.74, 6) is -0.677. The van der Waals surface area contributed by atoms with Gasteiger partial charge in [0, 0.05) is 37.9 Å². The van der Waals surface area contributed by atoms with Gasteiger partial charge in [0.1, 0.15) is 5.82 Å². The summed E-state index contributed by atoms with van der Waals surface area (Å²) in [6.07, 6.45) is 2.07. The molecule has 1 atom stereocenters. The van der Waals surface area contributed by atoms with Gasteiger partial charge in [0.15, 0.2) is 5.65 Å². The molecule has 2 saturated heterocycles. The molecule has 0 radical (unpaired) electrons. The molecular weight excluding hydrogens is 423 g/mol. The highest BCUT2D eigenvalue weighted by molar-refractivity contribution is 5.80. The summed E-state index contributed by atoms with van der Waals surface area (Å²) in [6, 6.07) is 7.08. The second-order valence-electron chi connectivity index (χ2n) is 8.22. The minimum Gasteiger partial charge on any atom is -0.355 e. The highest BCUT2D eigenvalue weighted by Gasteiger charge is 2.38. The zero-order chi connectivity index (χ0) is 22.3. The van der Waals surface area contributed by atoms with Crippen LogP contribution in [0.25, 0.3) is 5.65 Å². The van der Waals surface area contributed by atoms with E-state index in [1.807, 2.05) is 28.1 Å². The van der Waals surface area contributed by atoms with Crippen molar-refractivity contribution < 1.29 is 18.0 Å². The first-order valence-electron chi connectivity index (χ1n) is 10.7. The van der Waals surface area contributed by atoms with Gasteiger partial charge in [-0.15, -0.1) is 15.3 Å². The van der Waals surface area contributed by atoms with Crippen LogP contribution in [0.2, 0.25) is 0 Å². The smallest absolute Gasteiger partial charge is 0.355 e. The molecule has 5 heterocycles. The van der Waals surface area contributed by atoms with Crippen LogP contribution in [0.4, 0.5) is 19.0 Å². The summed E-state index contributed by atoms with van der Waals surface area (Å²) >= 11 is 0. The maximum Gasteiger partial charge on any atom is 0.453 e. The van der Waals surface area contributed by atoms with E-state index in [1.54, 1.807) is 12.3 Å². The van der Waals surface area contributed by atoms with E-state index in [9.17, 15) is 18.0 Å². The zero-order valence-corrected chi connectivity index (χ0v) is 17.2. The van der Waals surface area contributed by atoms with E-state index in [4.69, 9.17) is 0 Å². The first kappa shape index (κ1) is 20.7. The van der Waals surface area contributed by atoms with Crippen molar-refractivity contribution in [2.75, 3.05) is 24.5 Å². The molecule has 0 aromatic carbocycles. The third-order valence-corrected chi connectivity index (χ3v) is 6.28. The molecule has 2 aliphatic heterocycles. The number of piperidine rings is 1. The van der Waals surface area contributed by atoms with Gasteiger partial charge in [0.25, 0.3) is 5.82 Å². The SMILES string of the molecule is O=C(C1CCN(c2ccc3nnc(C(F)(F)F)n3n2)CC1)N1CCC[C@H]1c1cccnc1. The Morgan fingerprint density at radius 1 is 1.03 bits per heavy atom. The molecule has 2 fully saturated rings. The number of fused-ring (bicyclic) bond motifs is 1. The molecule has 0 spiro atoms. The molecule has 11 heteroatoms. The zero-order valence-electron chi connectivity index (χ0n) is 17.2. The van der Waals surface area contributed by atoms with Crippen molar-refractivity contribution in [1.82, 2.24) is 29.7 Å². The number of nitrogens with zero attached hydrogens (tertiary/aromatic N) is 7. The fourth-order valence-corrected chi connectivity index (χ4v) is 4.66. The van der Waals surface area contributed by atoms with Crippen LogP contribution in [0.15, 0.2) is 36.7 Å². The molecule has 8 nitrogen and oxygen atoms in total. The number of carbonyl (C=O) groups is 1. The van der Waals surface area contributed by atoms with Crippen LogP contribution in [0.5, 0.6) is 0 Å². The predicted molar refractivity (Wildman–Crippen MR) is 109 cm³/mol. The van der Waals surface area contributed by atoms with Crippen LogP contribution < -0.4 is 4.90 Å². The molecule has 0 unspecified atom stereocenters. The first-order chi connectivity index (χ1) is 15.4. The Hall–Kier alpha value is -3.24. The Labute approximate surface area is 182 Å². The number of pyridine rings is 1. The summed E-state index contributed by atoms with van der Waals surface area (Å²) in [5, 5.41) is 10.9. The van der Waals surface area contributed by atoms with E-state index in [-0.39, 0.29) is 23.5 Å². The van der Waals surface area contributed by atoms with E-state index in [0.29, 0.717) is 31.7 Å². The van der Waals surface area contributed by atoms with E-state index >= 15 is 0 Å². The second kappa shape index (κ2) is 8.03. The lowest BCUT2D eigenvalue weighted by molar-refractivity contribution is -0.146. The van der Waals surface area contributed by atoms with Crippen LogP contribution in [-0.2, 0) is 11.0 Å². The maximum atomic E-state index is 13.2. The third-order valence-electron chi connectivity index (χ3n) is 6.28. The topological polar surface area (TPSA) is 79.5 Å². The molecule has 0 N–H and O–H groups in total. The molecule has 2 aliphatic rings. The number of anilines is 1. The van der Waals surface area contributed by atoms with Gasteiger partial charge >= 0.3 is 6.18 Å². The number of alkyl halides is 3. The van der Waals surface area contributed by atoms with Crippen molar-refractivity contribution in [3.8, 4) is 0 Å². The van der Waals surface area contributed by atoms with Gasteiger partial charge in [-0.3, -0.25) is 9.78 Å². The highest BCUT2D eigenvalue weighted by Crippen LogP contribution is 2.35. The van der Waals surface area contributed by atoms with Crippen molar-refractivity contribution in [3.63, 3.8) is 0 Å². The molecule has 0 saturated carbocycles. The summed E-state index contributed by atoms with van der Waals surface area (Å²) in [4.78, 5) is 21.3. The summed E-state index contributed by atoms with van der Waals surface area (Å²) in [6.45, 7) is 1.83. The van der Waals surface area contributed by atoms with Crippen molar-refractivity contribution in [3.05, 3.63) is 48.0 Å². The summed E-state index contributed by atoms with van der Waals surface area (Å²) < 4.78 is 40.2. The fraction of sp³-hybridized carbons (Fsp3) is 0.476. The third kappa shape index (κ3) is 3.76. The molecule has 168 valence electrons. The van der Waals surface area contributed by atoms with Crippen molar-refractivity contribution in [2.45, 2.75) is 37.9 Å². The molecule has 1 amide bonds. The van der Waals surface area contributed by atoms with Gasteiger partial charge in [0.2, 0.25) is 5.91 Å². The highest BCUT2D eigenvalue weighted by atomic mass is 19.4. The van der Waals surface area contributed by atoms with Gasteiger partial charge in [-0.2, -0.15) is 17.7 Å². The molecule has 3 aromatic heterocycles. The van der Waals surface area contributed by atoms with Crippen LogP contribution in [0.3, 0.4) is 0 Å². The van der Waals surface area contributed by atoms with Gasteiger partial charge in [0.05, 0.1) is 6.04 Å². The monoisotopic (exact) mass is 445 g/mol. The largest absolute Gasteiger partial charge is 0.453 e. The Balaban J connectivity index is 1.27. The first-order valence-corrected chi connectivity index (χ1v) is 10.7. The maximum absolute atomic E-state index is 13.2. The van der Waals surface area contributed by atoms with Crippen LogP contribution in [0, 0.1) is 5.92 Å². The van der Waals surface area contributed by atoms with Gasteiger partial charge in [-0.1, -0.05) is 6.07 Å². The van der Waals surface area contributed by atoms with Crippen molar-refractivity contribution in [2.24, 2.45) is 5.92 Å². The Morgan fingerprint density at radius 2 is 1.84 bits per heavy atom. The summed E-state index contributed by atoms with van der Waals surface area (Å²) in [5.41, 5.74) is 1.10. The van der Waals surface area contributed by atoms with Crippen molar-refractivity contribution >= 4 is 17.4 Å². The molecule has 5 rings (SSSR count). The van der Waals surface area contributed by atoms with E-state index in [1.165, 1.54) is 6.07 Å². The number of aromatic nitrogens is 5. The number of carbonyl (C=O) groups excluding carboxylic acids is 1. The van der Waals surface area contributed by atoms with Crippen LogP contribution >= 0.6 is 0 Å². The van der Waals surface area contributed by atoms with E-state index in [2.05, 4.69) is 20.3 Å². The number of rotatable bonds is 3. The molecule has 32 heavy (non-hydrogen) atoms. The lowest BCUT2D eigenvalue weighted by Gasteiger charge is -2.35. The van der Waals surface area contributed by atoms with Gasteiger partial charge < -0.3 is 9.80 Å². The predicted octanol–water partition coefficient (Wildman–Crippen LogP) is 3.12.